The molecule has 1 N–H and O–H groups in total. The Labute approximate surface area is 95.4 Å². The summed E-state index contributed by atoms with van der Waals surface area (Å²) < 4.78 is 7.57. The molecule has 0 aromatic heterocycles. The molecule has 1 aromatic rings. The molecular weight excluding hydrogens is 210 g/mol. The fourth-order valence-electron chi connectivity index (χ4n) is 1.27. The van der Waals surface area contributed by atoms with Gasteiger partial charge in [-0.3, -0.25) is 9.52 Å². The van der Waals surface area contributed by atoms with Crippen molar-refractivity contribution in [3.63, 3.8) is 0 Å². The first-order valence-corrected chi connectivity index (χ1v) is 5.32. The van der Waals surface area contributed by atoms with E-state index in [-0.39, 0.29) is 5.97 Å². The van der Waals surface area contributed by atoms with Crippen molar-refractivity contribution in [2.24, 2.45) is 0 Å². The lowest BCUT2D eigenvalue weighted by atomic mass is 10.1. The van der Waals surface area contributed by atoms with E-state index in [2.05, 4.69) is 17.5 Å². The zero-order valence-corrected chi connectivity index (χ0v) is 9.54. The van der Waals surface area contributed by atoms with Crippen molar-refractivity contribution in [1.82, 2.24) is 4.72 Å². The minimum atomic E-state index is -0.393. The molecule has 0 amide bonds. The number of thiol groups is 1. The highest BCUT2D eigenvalue weighted by molar-refractivity contribution is 7.78. The monoisotopic (exact) mass is 225 g/mol. The van der Waals surface area contributed by atoms with E-state index in [0.29, 0.717) is 13.0 Å². The predicted molar refractivity (Wildman–Crippen MR) is 62.7 cm³/mol. The molecule has 3 nitrogen and oxygen atoms in total. The van der Waals surface area contributed by atoms with E-state index >= 15 is 0 Å². The Bertz CT molecular complexity index is 303. The molecule has 1 rings (SSSR count). The van der Waals surface area contributed by atoms with E-state index in [9.17, 15) is 4.79 Å². The molecule has 0 unspecified atom stereocenters. The fraction of sp³-hybridized carbons (Fsp3) is 0.364. The smallest absolute Gasteiger partial charge is 0.324 e. The molecule has 0 aliphatic rings. The van der Waals surface area contributed by atoms with E-state index < -0.39 is 6.04 Å². The van der Waals surface area contributed by atoms with Crippen LogP contribution < -0.4 is 4.72 Å². The molecule has 4 heteroatoms. The standard InChI is InChI=1S/C11H15NO2S/c1-2-14-11(13)10(12-15)8-9-6-4-3-5-7-9/h3-7,10,12,15H,2,8H2,1H3/t10-/m0/s1. The number of benzene rings is 1. The molecule has 15 heavy (non-hydrogen) atoms. The second-order valence-electron chi connectivity index (χ2n) is 3.12. The maximum atomic E-state index is 11.4. The van der Waals surface area contributed by atoms with E-state index in [0.717, 1.165) is 5.56 Å². The minimum Gasteiger partial charge on any atom is -0.465 e. The minimum absolute atomic E-state index is 0.267. The van der Waals surface area contributed by atoms with Crippen molar-refractivity contribution in [2.75, 3.05) is 6.61 Å². The second kappa shape index (κ2) is 6.48. The van der Waals surface area contributed by atoms with Crippen molar-refractivity contribution < 1.29 is 9.53 Å². The van der Waals surface area contributed by atoms with Gasteiger partial charge in [-0.2, -0.15) is 0 Å². The second-order valence-corrected chi connectivity index (χ2v) is 3.38. The Hall–Kier alpha value is -1.00. The molecule has 0 spiro atoms. The summed E-state index contributed by atoms with van der Waals surface area (Å²) in [6.07, 6.45) is 0.586. The Morgan fingerprint density at radius 3 is 2.67 bits per heavy atom. The third-order valence-corrected chi connectivity index (χ3v) is 2.32. The maximum absolute atomic E-state index is 11.4. The van der Waals surface area contributed by atoms with Gasteiger partial charge in [0.2, 0.25) is 0 Å². The van der Waals surface area contributed by atoms with E-state index in [4.69, 9.17) is 4.74 Å². The number of esters is 1. The van der Waals surface area contributed by atoms with Crippen LogP contribution in [0.5, 0.6) is 0 Å². The molecule has 1 atom stereocenters. The van der Waals surface area contributed by atoms with Crippen LogP contribution in [-0.2, 0) is 16.0 Å². The van der Waals surface area contributed by atoms with E-state index in [1.54, 1.807) is 6.92 Å². The van der Waals surface area contributed by atoms with Gasteiger partial charge in [0.25, 0.3) is 0 Å². The van der Waals surface area contributed by atoms with Crippen LogP contribution in [0.15, 0.2) is 30.3 Å². The zero-order valence-electron chi connectivity index (χ0n) is 8.64. The van der Waals surface area contributed by atoms with Crippen molar-refractivity contribution in [3.8, 4) is 0 Å². The fourth-order valence-corrected chi connectivity index (χ4v) is 1.47. The molecule has 0 aliphatic carbocycles. The molecule has 0 saturated heterocycles. The van der Waals surface area contributed by atoms with Crippen LogP contribution in [0, 0.1) is 0 Å². The third kappa shape index (κ3) is 3.93. The summed E-state index contributed by atoms with van der Waals surface area (Å²) >= 11 is 3.93. The van der Waals surface area contributed by atoms with Crippen LogP contribution in [0.2, 0.25) is 0 Å². The van der Waals surface area contributed by atoms with Gasteiger partial charge >= 0.3 is 5.97 Å². The number of carbonyl (C=O) groups is 1. The average Bonchev–Trinajstić information content (AvgIpc) is 2.27. The summed E-state index contributed by atoms with van der Waals surface area (Å²) in [5, 5.41) is 0. The number of hydrogen-bond acceptors (Lipinski definition) is 4. The molecule has 0 bridgehead atoms. The highest BCUT2D eigenvalue weighted by Crippen LogP contribution is 2.05. The molecule has 0 saturated carbocycles. The SMILES string of the molecule is CCOC(=O)[C@H](Cc1ccccc1)NS. The van der Waals surface area contributed by atoms with Crippen LogP contribution in [-0.4, -0.2) is 18.6 Å². The normalized spacial score (nSPS) is 12.1. The lowest BCUT2D eigenvalue weighted by Crippen LogP contribution is -2.34. The van der Waals surface area contributed by atoms with Crippen molar-refractivity contribution in [1.29, 1.82) is 0 Å². The predicted octanol–water partition coefficient (Wildman–Crippen LogP) is 1.60. The number of carbonyl (C=O) groups excluding carboxylic acids is 1. The molecule has 0 fully saturated rings. The molecule has 0 radical (unpaired) electrons. The lowest BCUT2D eigenvalue weighted by molar-refractivity contribution is -0.145. The van der Waals surface area contributed by atoms with Gasteiger partial charge in [0, 0.05) is 0 Å². The van der Waals surface area contributed by atoms with Crippen molar-refractivity contribution >= 4 is 18.8 Å². The molecule has 82 valence electrons. The van der Waals surface area contributed by atoms with E-state index in [1.807, 2.05) is 30.3 Å². The van der Waals surface area contributed by atoms with Crippen LogP contribution in [0.1, 0.15) is 12.5 Å². The molecule has 0 aliphatic heterocycles. The van der Waals surface area contributed by atoms with Crippen LogP contribution in [0.4, 0.5) is 0 Å². The van der Waals surface area contributed by atoms with Gasteiger partial charge in [0.05, 0.1) is 6.61 Å². The topological polar surface area (TPSA) is 38.3 Å². The van der Waals surface area contributed by atoms with Crippen LogP contribution >= 0.6 is 12.8 Å². The Kier molecular flexibility index (Phi) is 5.21. The quantitative estimate of drug-likeness (QED) is 0.590. The van der Waals surface area contributed by atoms with Gasteiger partial charge in [0.15, 0.2) is 0 Å². The first-order chi connectivity index (χ1) is 7.27. The summed E-state index contributed by atoms with van der Waals surface area (Å²) in [5.41, 5.74) is 1.08. The molecular formula is C11H15NO2S. The highest BCUT2D eigenvalue weighted by atomic mass is 32.1. The lowest BCUT2D eigenvalue weighted by Gasteiger charge is -2.13. The third-order valence-electron chi connectivity index (χ3n) is 2.01. The zero-order chi connectivity index (χ0) is 11.1. The summed E-state index contributed by atoms with van der Waals surface area (Å²) in [6, 6.07) is 9.37. The summed E-state index contributed by atoms with van der Waals surface area (Å²) in [5.74, 6) is -0.267. The molecule has 1 aromatic carbocycles. The highest BCUT2D eigenvalue weighted by Gasteiger charge is 2.17. The largest absolute Gasteiger partial charge is 0.465 e. The maximum Gasteiger partial charge on any atom is 0.324 e. The number of nitrogens with one attached hydrogen (secondary N) is 1. The van der Waals surface area contributed by atoms with Gasteiger partial charge in [-0.05, 0) is 18.9 Å². The van der Waals surface area contributed by atoms with Gasteiger partial charge in [-0.15, -0.1) is 0 Å². The van der Waals surface area contributed by atoms with Crippen LogP contribution in [0.25, 0.3) is 0 Å². The van der Waals surface area contributed by atoms with Gasteiger partial charge < -0.3 is 4.74 Å². The summed E-state index contributed by atoms with van der Waals surface area (Å²) in [4.78, 5) is 11.4. The number of rotatable bonds is 5. The van der Waals surface area contributed by atoms with Gasteiger partial charge in [0.1, 0.15) is 6.04 Å². The molecule has 0 heterocycles. The van der Waals surface area contributed by atoms with Crippen molar-refractivity contribution in [2.45, 2.75) is 19.4 Å². The Balaban J connectivity index is 2.58. The number of ether oxygens (including phenoxy) is 1. The summed E-state index contributed by atoms with van der Waals surface area (Å²) in [7, 11) is 0. The first kappa shape index (κ1) is 12.1. The van der Waals surface area contributed by atoms with E-state index in [1.165, 1.54) is 0 Å². The summed E-state index contributed by atoms with van der Waals surface area (Å²) in [6.45, 7) is 2.18. The van der Waals surface area contributed by atoms with Gasteiger partial charge in [-0.25, -0.2) is 0 Å². The first-order valence-electron chi connectivity index (χ1n) is 4.88. The van der Waals surface area contributed by atoms with Gasteiger partial charge in [-0.1, -0.05) is 43.1 Å². The number of hydrogen-bond donors (Lipinski definition) is 2. The average molecular weight is 225 g/mol. The Morgan fingerprint density at radius 1 is 1.47 bits per heavy atom. The van der Waals surface area contributed by atoms with Crippen LogP contribution in [0.3, 0.4) is 0 Å². The Morgan fingerprint density at radius 2 is 2.13 bits per heavy atom. The van der Waals surface area contributed by atoms with Crippen molar-refractivity contribution in [3.05, 3.63) is 35.9 Å².